The Morgan fingerprint density at radius 3 is 2.71 bits per heavy atom. The molecule has 3 heterocycles. The number of aromatic nitrogens is 4. The Morgan fingerprint density at radius 2 is 2.00 bits per heavy atom. The van der Waals surface area contributed by atoms with E-state index < -0.39 is 11.9 Å². The third-order valence-corrected chi connectivity index (χ3v) is 3.69. The second-order valence-electron chi connectivity index (χ2n) is 5.59. The Kier molecular flexibility index (Phi) is 4.22. The van der Waals surface area contributed by atoms with Crippen molar-refractivity contribution in [1.82, 2.24) is 19.9 Å². The molecule has 4 N–H and O–H groups in total. The molecule has 24 heavy (non-hydrogen) atoms. The largest absolute Gasteiger partial charge is 0.433 e. The number of anilines is 2. The summed E-state index contributed by atoms with van der Waals surface area (Å²) in [6, 6.07) is 2.29. The summed E-state index contributed by atoms with van der Waals surface area (Å²) in [7, 11) is 0. The van der Waals surface area contributed by atoms with Gasteiger partial charge in [0.2, 0.25) is 11.9 Å². The fourth-order valence-electron chi connectivity index (χ4n) is 2.57. The summed E-state index contributed by atoms with van der Waals surface area (Å²) >= 11 is 0. The Bertz CT molecular complexity index is 735. The first-order valence-corrected chi connectivity index (χ1v) is 7.38. The average Bonchev–Trinajstić information content (AvgIpc) is 2.54. The number of hydrogen-bond donors (Lipinski definition) is 2. The topological polar surface area (TPSA) is 107 Å². The lowest BCUT2D eigenvalue weighted by atomic mass is 10.1. The lowest BCUT2D eigenvalue weighted by molar-refractivity contribution is -0.141. The van der Waals surface area contributed by atoms with Crippen LogP contribution in [0, 0.1) is 0 Å². The van der Waals surface area contributed by atoms with Gasteiger partial charge in [0.1, 0.15) is 5.69 Å². The maximum absolute atomic E-state index is 12.8. The Hall–Kier alpha value is -2.49. The van der Waals surface area contributed by atoms with E-state index in [0.717, 1.165) is 25.1 Å². The molecule has 1 aliphatic heterocycles. The van der Waals surface area contributed by atoms with Gasteiger partial charge >= 0.3 is 6.18 Å². The second kappa shape index (κ2) is 6.19. The highest BCUT2D eigenvalue weighted by atomic mass is 19.4. The van der Waals surface area contributed by atoms with Gasteiger partial charge in [0, 0.05) is 30.9 Å². The summed E-state index contributed by atoms with van der Waals surface area (Å²) in [6.07, 6.45) is -1.69. The molecule has 1 fully saturated rings. The number of nitrogens with two attached hydrogens (primary N) is 2. The molecule has 0 radical (unpaired) electrons. The maximum atomic E-state index is 12.8. The summed E-state index contributed by atoms with van der Waals surface area (Å²) < 4.78 is 38.4. The fraction of sp³-hybridized carbons (Fsp3) is 0.429. The summed E-state index contributed by atoms with van der Waals surface area (Å²) in [5, 5.41) is 0. The van der Waals surface area contributed by atoms with Crippen molar-refractivity contribution < 1.29 is 13.2 Å². The molecule has 1 atom stereocenters. The molecule has 128 valence electrons. The molecule has 0 saturated carbocycles. The number of nitrogens with zero attached hydrogens (tertiary/aromatic N) is 5. The number of rotatable bonds is 2. The maximum Gasteiger partial charge on any atom is 0.433 e. The minimum absolute atomic E-state index is 0.00190. The first-order valence-electron chi connectivity index (χ1n) is 7.38. The molecule has 3 rings (SSSR count). The molecular weight excluding hydrogens is 323 g/mol. The molecule has 1 saturated heterocycles. The minimum Gasteiger partial charge on any atom is -0.368 e. The molecule has 2 aromatic heterocycles. The SMILES string of the molecule is Nc1nc(-c2ccnc(C(F)(F)F)c2)nc(N2CCCC(N)C2)n1. The van der Waals surface area contributed by atoms with E-state index in [1.807, 2.05) is 4.90 Å². The van der Waals surface area contributed by atoms with E-state index >= 15 is 0 Å². The van der Waals surface area contributed by atoms with Gasteiger partial charge in [-0.2, -0.15) is 28.1 Å². The van der Waals surface area contributed by atoms with Crippen molar-refractivity contribution in [2.75, 3.05) is 23.7 Å². The van der Waals surface area contributed by atoms with Crippen LogP contribution >= 0.6 is 0 Å². The van der Waals surface area contributed by atoms with Gasteiger partial charge < -0.3 is 16.4 Å². The van der Waals surface area contributed by atoms with Crippen LogP contribution < -0.4 is 16.4 Å². The first-order chi connectivity index (χ1) is 11.3. The van der Waals surface area contributed by atoms with Crippen molar-refractivity contribution in [2.45, 2.75) is 25.1 Å². The van der Waals surface area contributed by atoms with Crippen LogP contribution in [0.4, 0.5) is 25.1 Å². The third kappa shape index (κ3) is 3.53. The van der Waals surface area contributed by atoms with Gasteiger partial charge in [0.25, 0.3) is 0 Å². The molecule has 1 unspecified atom stereocenters. The highest BCUT2D eigenvalue weighted by Gasteiger charge is 2.32. The van der Waals surface area contributed by atoms with E-state index in [2.05, 4.69) is 19.9 Å². The van der Waals surface area contributed by atoms with Crippen LogP contribution in [0.3, 0.4) is 0 Å². The van der Waals surface area contributed by atoms with E-state index in [4.69, 9.17) is 11.5 Å². The third-order valence-electron chi connectivity index (χ3n) is 3.69. The summed E-state index contributed by atoms with van der Waals surface area (Å²) in [4.78, 5) is 17.5. The second-order valence-corrected chi connectivity index (χ2v) is 5.59. The summed E-state index contributed by atoms with van der Waals surface area (Å²) in [6.45, 7) is 1.27. The van der Waals surface area contributed by atoms with Crippen LogP contribution in [-0.4, -0.2) is 39.1 Å². The lowest BCUT2D eigenvalue weighted by Crippen LogP contribution is -2.43. The molecule has 0 aliphatic carbocycles. The monoisotopic (exact) mass is 339 g/mol. The van der Waals surface area contributed by atoms with Crippen LogP contribution in [-0.2, 0) is 6.18 Å². The molecule has 0 spiro atoms. The van der Waals surface area contributed by atoms with Crippen LogP contribution in [0.5, 0.6) is 0 Å². The van der Waals surface area contributed by atoms with Crippen LogP contribution in [0.15, 0.2) is 18.3 Å². The lowest BCUT2D eigenvalue weighted by Gasteiger charge is -2.30. The number of nitrogen functional groups attached to an aromatic ring is 1. The summed E-state index contributed by atoms with van der Waals surface area (Å²) in [5.74, 6) is 0.335. The molecular formula is C14H16F3N7. The highest BCUT2D eigenvalue weighted by Crippen LogP contribution is 2.30. The number of piperidine rings is 1. The van der Waals surface area contributed by atoms with Crippen molar-refractivity contribution in [3.63, 3.8) is 0 Å². The molecule has 0 amide bonds. The number of halogens is 3. The van der Waals surface area contributed by atoms with Crippen LogP contribution in [0.1, 0.15) is 18.5 Å². The average molecular weight is 339 g/mol. The zero-order valence-electron chi connectivity index (χ0n) is 12.7. The normalized spacial score (nSPS) is 18.7. The van der Waals surface area contributed by atoms with Crippen molar-refractivity contribution in [3.8, 4) is 11.4 Å². The van der Waals surface area contributed by atoms with Crippen molar-refractivity contribution in [1.29, 1.82) is 0 Å². The molecule has 10 heteroatoms. The van der Waals surface area contributed by atoms with E-state index in [1.165, 1.54) is 6.07 Å². The van der Waals surface area contributed by atoms with Gasteiger partial charge in [0.05, 0.1) is 0 Å². The van der Waals surface area contributed by atoms with Crippen LogP contribution in [0.2, 0.25) is 0 Å². The van der Waals surface area contributed by atoms with Crippen LogP contribution in [0.25, 0.3) is 11.4 Å². The quantitative estimate of drug-likeness (QED) is 0.853. The van der Waals surface area contributed by atoms with E-state index in [1.54, 1.807) is 0 Å². The predicted octanol–water partition coefficient (Wildman–Crippen LogP) is 1.46. The Labute approximate surface area is 135 Å². The fourth-order valence-corrected chi connectivity index (χ4v) is 2.57. The van der Waals surface area contributed by atoms with Gasteiger partial charge in [-0.25, -0.2) is 0 Å². The molecule has 1 aliphatic rings. The van der Waals surface area contributed by atoms with Gasteiger partial charge in [-0.1, -0.05) is 0 Å². The van der Waals surface area contributed by atoms with Gasteiger partial charge in [0.15, 0.2) is 5.82 Å². The predicted molar refractivity (Wildman–Crippen MR) is 81.9 cm³/mol. The minimum atomic E-state index is -4.54. The van der Waals surface area contributed by atoms with Crippen molar-refractivity contribution >= 4 is 11.9 Å². The molecule has 0 aromatic carbocycles. The van der Waals surface area contributed by atoms with E-state index in [9.17, 15) is 13.2 Å². The standard InChI is InChI=1S/C14H16F3N7/c15-14(16,17)10-6-8(3-4-20-10)11-21-12(19)23-13(22-11)24-5-1-2-9(18)7-24/h3-4,6,9H,1-2,5,7,18H2,(H2,19,21,22,23). The zero-order valence-corrected chi connectivity index (χ0v) is 12.7. The van der Waals surface area contributed by atoms with Gasteiger partial charge in [-0.05, 0) is 25.0 Å². The number of pyridine rings is 1. The first kappa shape index (κ1) is 16.4. The van der Waals surface area contributed by atoms with E-state index in [-0.39, 0.29) is 23.4 Å². The number of alkyl halides is 3. The zero-order chi connectivity index (χ0) is 17.3. The Morgan fingerprint density at radius 1 is 1.21 bits per heavy atom. The van der Waals surface area contributed by atoms with Crippen molar-refractivity contribution in [2.24, 2.45) is 5.73 Å². The van der Waals surface area contributed by atoms with E-state index in [0.29, 0.717) is 19.0 Å². The molecule has 2 aromatic rings. The number of hydrogen-bond acceptors (Lipinski definition) is 7. The smallest absolute Gasteiger partial charge is 0.368 e. The summed E-state index contributed by atoms with van der Waals surface area (Å²) in [5.41, 5.74) is 10.8. The highest BCUT2D eigenvalue weighted by molar-refractivity contribution is 5.58. The molecule has 7 nitrogen and oxygen atoms in total. The Balaban J connectivity index is 1.97. The molecule has 0 bridgehead atoms. The van der Waals surface area contributed by atoms with Crippen molar-refractivity contribution in [3.05, 3.63) is 24.0 Å². The van der Waals surface area contributed by atoms with Gasteiger partial charge in [-0.15, -0.1) is 0 Å². The van der Waals surface area contributed by atoms with Gasteiger partial charge in [-0.3, -0.25) is 4.98 Å².